The number of benzene rings is 1. The Morgan fingerprint density at radius 1 is 1.22 bits per heavy atom. The second kappa shape index (κ2) is 6.04. The lowest BCUT2D eigenvalue weighted by molar-refractivity contribution is 0.501. The highest BCUT2D eigenvalue weighted by molar-refractivity contribution is 7.89. The third-order valence-electron chi connectivity index (χ3n) is 2.83. The van der Waals surface area contributed by atoms with Gasteiger partial charge < -0.3 is 0 Å². The van der Waals surface area contributed by atoms with Crippen LogP contribution in [-0.2, 0) is 15.4 Å². The van der Waals surface area contributed by atoms with Crippen molar-refractivity contribution in [3.05, 3.63) is 34.9 Å². The van der Waals surface area contributed by atoms with E-state index in [4.69, 9.17) is 11.6 Å². The van der Waals surface area contributed by atoms with Gasteiger partial charge >= 0.3 is 0 Å². The smallest absolute Gasteiger partial charge is 0.211 e. The molecule has 0 aliphatic carbocycles. The molecule has 1 rings (SSSR count). The zero-order chi connectivity index (χ0) is 13.8. The Hall–Kier alpha value is -0.580. The van der Waals surface area contributed by atoms with Crippen molar-refractivity contribution >= 4 is 21.6 Å². The zero-order valence-electron chi connectivity index (χ0n) is 11.0. The Morgan fingerprint density at radius 2 is 1.78 bits per heavy atom. The van der Waals surface area contributed by atoms with Crippen LogP contribution in [0.5, 0.6) is 0 Å². The van der Waals surface area contributed by atoms with Gasteiger partial charge in [-0.3, -0.25) is 0 Å². The Bertz CT molecular complexity index is 480. The standard InChI is InChI=1S/C13H20ClNO2S/c1-4-9-18(16,17)15-10-13(2,3)11-5-7-12(14)8-6-11/h5-8,15H,4,9-10H2,1-3H3. The Morgan fingerprint density at radius 3 is 2.28 bits per heavy atom. The van der Waals surface area contributed by atoms with Crippen molar-refractivity contribution in [1.29, 1.82) is 0 Å². The molecule has 1 N–H and O–H groups in total. The number of nitrogens with one attached hydrogen (secondary N) is 1. The summed E-state index contributed by atoms with van der Waals surface area (Å²) in [6.07, 6.45) is 0.622. The van der Waals surface area contributed by atoms with Gasteiger partial charge in [-0.15, -0.1) is 0 Å². The molecular weight excluding hydrogens is 270 g/mol. The van der Waals surface area contributed by atoms with Crippen molar-refractivity contribution in [2.45, 2.75) is 32.6 Å². The molecule has 0 aliphatic heterocycles. The first-order valence-electron chi connectivity index (χ1n) is 6.00. The molecule has 0 aliphatic rings. The number of hydrogen-bond acceptors (Lipinski definition) is 2. The maximum absolute atomic E-state index is 11.6. The number of halogens is 1. The van der Waals surface area contributed by atoms with Gasteiger partial charge in [0.1, 0.15) is 0 Å². The van der Waals surface area contributed by atoms with Gasteiger partial charge in [0.2, 0.25) is 10.0 Å². The lowest BCUT2D eigenvalue weighted by Crippen LogP contribution is -2.37. The minimum Gasteiger partial charge on any atom is -0.214 e. The molecule has 0 aromatic heterocycles. The van der Waals surface area contributed by atoms with E-state index >= 15 is 0 Å². The Kier molecular flexibility index (Phi) is 5.20. The summed E-state index contributed by atoms with van der Waals surface area (Å²) in [7, 11) is -3.16. The van der Waals surface area contributed by atoms with Crippen LogP contribution in [0.2, 0.25) is 5.02 Å². The average molecular weight is 290 g/mol. The van der Waals surface area contributed by atoms with Gasteiger partial charge in [-0.05, 0) is 24.1 Å². The molecule has 0 bridgehead atoms. The summed E-state index contributed by atoms with van der Waals surface area (Å²) < 4.78 is 25.9. The van der Waals surface area contributed by atoms with Crippen molar-refractivity contribution in [1.82, 2.24) is 4.72 Å². The van der Waals surface area contributed by atoms with E-state index in [1.54, 1.807) is 0 Å². The second-order valence-electron chi connectivity index (χ2n) is 5.03. The predicted octanol–water partition coefficient (Wildman–Crippen LogP) is 2.95. The summed E-state index contributed by atoms with van der Waals surface area (Å²) in [6, 6.07) is 7.49. The molecule has 102 valence electrons. The van der Waals surface area contributed by atoms with Crippen LogP contribution in [0.1, 0.15) is 32.8 Å². The van der Waals surface area contributed by atoms with Crippen molar-refractivity contribution in [2.75, 3.05) is 12.3 Å². The summed E-state index contributed by atoms with van der Waals surface area (Å²) in [5, 5.41) is 0.682. The van der Waals surface area contributed by atoms with Gasteiger partial charge in [0.25, 0.3) is 0 Å². The molecular formula is C13H20ClNO2S. The summed E-state index contributed by atoms with van der Waals surface area (Å²) in [5.41, 5.74) is 0.803. The van der Waals surface area contributed by atoms with E-state index in [-0.39, 0.29) is 11.2 Å². The number of sulfonamides is 1. The molecule has 0 radical (unpaired) electrons. The fourth-order valence-electron chi connectivity index (χ4n) is 1.63. The maximum Gasteiger partial charge on any atom is 0.211 e. The summed E-state index contributed by atoms with van der Waals surface area (Å²) in [4.78, 5) is 0. The molecule has 0 atom stereocenters. The fourth-order valence-corrected chi connectivity index (χ4v) is 3.02. The molecule has 3 nitrogen and oxygen atoms in total. The molecule has 5 heteroatoms. The minimum atomic E-state index is -3.16. The van der Waals surface area contributed by atoms with Crippen LogP contribution >= 0.6 is 11.6 Å². The van der Waals surface area contributed by atoms with Crippen LogP contribution < -0.4 is 4.72 Å². The molecule has 1 aromatic rings. The van der Waals surface area contributed by atoms with E-state index in [2.05, 4.69) is 4.72 Å². The van der Waals surface area contributed by atoms with Gasteiger partial charge in [-0.25, -0.2) is 13.1 Å². The first-order chi connectivity index (χ1) is 8.27. The molecule has 0 unspecified atom stereocenters. The molecule has 1 aromatic carbocycles. The lowest BCUT2D eigenvalue weighted by Gasteiger charge is -2.25. The highest BCUT2D eigenvalue weighted by Crippen LogP contribution is 2.24. The van der Waals surface area contributed by atoms with Crippen LogP contribution in [0.3, 0.4) is 0 Å². The highest BCUT2D eigenvalue weighted by Gasteiger charge is 2.22. The van der Waals surface area contributed by atoms with Crippen molar-refractivity contribution in [3.63, 3.8) is 0 Å². The van der Waals surface area contributed by atoms with E-state index in [1.165, 1.54) is 0 Å². The second-order valence-corrected chi connectivity index (χ2v) is 7.39. The van der Waals surface area contributed by atoms with Crippen molar-refractivity contribution in [2.24, 2.45) is 0 Å². The molecule has 0 saturated heterocycles. The quantitative estimate of drug-likeness (QED) is 0.875. The lowest BCUT2D eigenvalue weighted by atomic mass is 9.85. The largest absolute Gasteiger partial charge is 0.214 e. The van der Waals surface area contributed by atoms with Gasteiger partial charge in [-0.1, -0.05) is 44.5 Å². The van der Waals surface area contributed by atoms with E-state index in [0.29, 0.717) is 18.0 Å². The Balaban J connectivity index is 2.73. The maximum atomic E-state index is 11.6. The minimum absolute atomic E-state index is 0.170. The molecule has 0 fully saturated rings. The normalized spacial score (nSPS) is 12.7. The SMILES string of the molecule is CCCS(=O)(=O)NCC(C)(C)c1ccc(Cl)cc1. The summed E-state index contributed by atoms with van der Waals surface area (Å²) in [5.74, 6) is 0.170. The first-order valence-corrected chi connectivity index (χ1v) is 8.03. The molecule has 18 heavy (non-hydrogen) atoms. The van der Waals surface area contributed by atoms with Crippen LogP contribution in [0, 0.1) is 0 Å². The summed E-state index contributed by atoms with van der Waals surface area (Å²) in [6.45, 7) is 6.25. The molecule has 0 heterocycles. The van der Waals surface area contributed by atoms with Gasteiger partial charge in [0, 0.05) is 17.0 Å². The average Bonchev–Trinajstić information content (AvgIpc) is 2.27. The van der Waals surface area contributed by atoms with Crippen LogP contribution in [0.4, 0.5) is 0 Å². The topological polar surface area (TPSA) is 46.2 Å². The van der Waals surface area contributed by atoms with Crippen molar-refractivity contribution < 1.29 is 8.42 Å². The van der Waals surface area contributed by atoms with Crippen LogP contribution in [0.15, 0.2) is 24.3 Å². The van der Waals surface area contributed by atoms with E-state index in [0.717, 1.165) is 5.56 Å². The van der Waals surface area contributed by atoms with Crippen molar-refractivity contribution in [3.8, 4) is 0 Å². The van der Waals surface area contributed by atoms with Crippen LogP contribution in [-0.4, -0.2) is 20.7 Å². The number of hydrogen-bond donors (Lipinski definition) is 1. The van der Waals surface area contributed by atoms with E-state index < -0.39 is 10.0 Å². The first kappa shape index (κ1) is 15.5. The van der Waals surface area contributed by atoms with Gasteiger partial charge in [0.15, 0.2) is 0 Å². The summed E-state index contributed by atoms with van der Waals surface area (Å²) >= 11 is 5.84. The Labute approximate surface area is 115 Å². The molecule has 0 amide bonds. The van der Waals surface area contributed by atoms with Crippen LogP contribution in [0.25, 0.3) is 0 Å². The molecule has 0 saturated carbocycles. The van der Waals surface area contributed by atoms with E-state index in [1.807, 2.05) is 45.0 Å². The predicted molar refractivity (Wildman–Crippen MR) is 76.6 cm³/mol. The monoisotopic (exact) mass is 289 g/mol. The highest BCUT2D eigenvalue weighted by atomic mass is 35.5. The van der Waals surface area contributed by atoms with E-state index in [9.17, 15) is 8.42 Å². The fraction of sp³-hybridized carbons (Fsp3) is 0.538. The zero-order valence-corrected chi connectivity index (χ0v) is 12.6. The number of rotatable bonds is 6. The third-order valence-corrected chi connectivity index (χ3v) is 4.61. The molecule has 0 spiro atoms. The van der Waals surface area contributed by atoms with Gasteiger partial charge in [0.05, 0.1) is 5.75 Å². The van der Waals surface area contributed by atoms with Gasteiger partial charge in [-0.2, -0.15) is 0 Å². The third kappa shape index (κ3) is 4.59.